The predicted octanol–water partition coefficient (Wildman–Crippen LogP) is 1.96. The molecule has 1 aromatic rings. The molecule has 1 rings (SSSR count). The van der Waals surface area contributed by atoms with Crippen LogP contribution in [0.2, 0.25) is 0 Å². The van der Waals surface area contributed by atoms with Crippen LogP contribution in [-0.2, 0) is 6.18 Å². The third kappa shape index (κ3) is 2.19. The van der Waals surface area contributed by atoms with Gasteiger partial charge in [-0.15, -0.1) is 0 Å². The lowest BCUT2D eigenvalue weighted by Crippen LogP contribution is -2.12. The molecule has 1 N–H and O–H groups in total. The normalized spacial score (nSPS) is 11.4. The van der Waals surface area contributed by atoms with Gasteiger partial charge in [0, 0.05) is 0 Å². The molecule has 0 radical (unpaired) electrons. The second-order valence-electron chi connectivity index (χ2n) is 2.20. The minimum absolute atomic E-state index is 0.369. The van der Waals surface area contributed by atoms with E-state index < -0.39 is 28.1 Å². The molecule has 0 bridgehead atoms. The van der Waals surface area contributed by atoms with Crippen molar-refractivity contribution in [3.63, 3.8) is 0 Å². The van der Waals surface area contributed by atoms with Crippen LogP contribution in [0.3, 0.4) is 0 Å². The lowest BCUT2D eigenvalue weighted by molar-refractivity contribution is -0.141. The first-order valence-electron chi connectivity index (χ1n) is 3.15. The topological polar surface area (TPSA) is 63.1 Å². The number of aromatic nitrogens is 2. The van der Waals surface area contributed by atoms with Gasteiger partial charge in [-0.1, -0.05) is 0 Å². The number of nitrogens with zero attached hydrogens (tertiary/aromatic N) is 2. The van der Waals surface area contributed by atoms with Crippen molar-refractivity contribution in [2.75, 3.05) is 0 Å². The Morgan fingerprint density at radius 2 is 2.07 bits per heavy atom. The first-order valence-corrected chi connectivity index (χ1v) is 3.94. The standard InChI is InChI=1S/C6H2BrF3N2O2/c7-4-3(5(13)14)11-1-2(12-4)6(8,9)10/h1H,(H,13,14). The summed E-state index contributed by atoms with van der Waals surface area (Å²) in [6.45, 7) is 0. The van der Waals surface area contributed by atoms with Gasteiger partial charge in [-0.25, -0.2) is 14.8 Å². The van der Waals surface area contributed by atoms with Crippen LogP contribution in [0.15, 0.2) is 10.8 Å². The largest absolute Gasteiger partial charge is 0.476 e. The zero-order valence-electron chi connectivity index (χ0n) is 6.34. The van der Waals surface area contributed by atoms with E-state index in [0.29, 0.717) is 6.20 Å². The van der Waals surface area contributed by atoms with Crippen LogP contribution in [0, 0.1) is 0 Å². The Morgan fingerprint density at radius 1 is 1.50 bits per heavy atom. The molecule has 8 heteroatoms. The zero-order chi connectivity index (χ0) is 10.9. The van der Waals surface area contributed by atoms with Crippen LogP contribution in [0.4, 0.5) is 13.2 Å². The maximum Gasteiger partial charge on any atom is 0.434 e. The highest BCUT2D eigenvalue weighted by Crippen LogP contribution is 2.28. The lowest BCUT2D eigenvalue weighted by atomic mass is 10.4. The number of carboxylic acid groups (broad SMARTS) is 1. The summed E-state index contributed by atoms with van der Waals surface area (Å²) in [6, 6.07) is 0. The number of halogens is 4. The Balaban J connectivity index is 3.20. The SMILES string of the molecule is O=C(O)c1ncc(C(F)(F)F)nc1Br. The van der Waals surface area contributed by atoms with E-state index in [9.17, 15) is 18.0 Å². The molecular weight excluding hydrogens is 269 g/mol. The Labute approximate surface area is 83.9 Å². The molecule has 0 fully saturated rings. The van der Waals surface area contributed by atoms with Gasteiger partial charge in [-0.05, 0) is 15.9 Å². The van der Waals surface area contributed by atoms with Gasteiger partial charge in [-0.2, -0.15) is 13.2 Å². The first kappa shape index (κ1) is 10.9. The number of hydrogen-bond donors (Lipinski definition) is 1. The van der Waals surface area contributed by atoms with Crippen LogP contribution in [0.1, 0.15) is 16.2 Å². The molecule has 0 atom stereocenters. The molecule has 0 saturated carbocycles. The molecule has 14 heavy (non-hydrogen) atoms. The van der Waals surface area contributed by atoms with E-state index in [-0.39, 0.29) is 0 Å². The molecule has 0 aromatic carbocycles. The van der Waals surface area contributed by atoms with E-state index >= 15 is 0 Å². The second kappa shape index (κ2) is 3.52. The van der Waals surface area contributed by atoms with E-state index in [1.165, 1.54) is 0 Å². The van der Waals surface area contributed by atoms with Crippen molar-refractivity contribution in [1.29, 1.82) is 0 Å². The van der Waals surface area contributed by atoms with Crippen molar-refractivity contribution in [3.05, 3.63) is 22.2 Å². The number of aromatic carboxylic acids is 1. The maximum absolute atomic E-state index is 12.0. The highest BCUT2D eigenvalue weighted by molar-refractivity contribution is 9.10. The van der Waals surface area contributed by atoms with Crippen molar-refractivity contribution in [3.8, 4) is 0 Å². The van der Waals surface area contributed by atoms with Crippen molar-refractivity contribution >= 4 is 21.9 Å². The molecule has 0 spiro atoms. The van der Waals surface area contributed by atoms with Gasteiger partial charge in [0.25, 0.3) is 0 Å². The van der Waals surface area contributed by atoms with E-state index in [1.807, 2.05) is 0 Å². The Hall–Kier alpha value is -1.18. The molecule has 0 aliphatic heterocycles. The molecule has 0 amide bonds. The molecule has 0 aliphatic rings. The van der Waals surface area contributed by atoms with E-state index in [1.54, 1.807) is 0 Å². The summed E-state index contributed by atoms with van der Waals surface area (Å²) in [6.07, 6.45) is -4.26. The van der Waals surface area contributed by atoms with Crippen LogP contribution >= 0.6 is 15.9 Å². The second-order valence-corrected chi connectivity index (χ2v) is 2.95. The molecule has 0 unspecified atom stereocenters. The van der Waals surface area contributed by atoms with Gasteiger partial charge in [-0.3, -0.25) is 0 Å². The van der Waals surface area contributed by atoms with E-state index in [4.69, 9.17) is 5.11 Å². The monoisotopic (exact) mass is 270 g/mol. The highest BCUT2D eigenvalue weighted by atomic mass is 79.9. The predicted molar refractivity (Wildman–Crippen MR) is 41.7 cm³/mol. The Bertz CT molecular complexity index is 380. The van der Waals surface area contributed by atoms with Gasteiger partial charge in [0.15, 0.2) is 11.4 Å². The van der Waals surface area contributed by atoms with E-state index in [0.717, 1.165) is 0 Å². The number of alkyl halides is 3. The smallest absolute Gasteiger partial charge is 0.434 e. The fourth-order valence-corrected chi connectivity index (χ4v) is 1.11. The van der Waals surface area contributed by atoms with Crippen molar-refractivity contribution < 1.29 is 23.1 Å². The van der Waals surface area contributed by atoms with Gasteiger partial charge < -0.3 is 5.11 Å². The Kier molecular flexibility index (Phi) is 2.74. The molecule has 1 heterocycles. The van der Waals surface area contributed by atoms with Crippen molar-refractivity contribution in [1.82, 2.24) is 9.97 Å². The minimum Gasteiger partial charge on any atom is -0.476 e. The zero-order valence-corrected chi connectivity index (χ0v) is 7.93. The molecule has 0 saturated heterocycles. The van der Waals surface area contributed by atoms with Gasteiger partial charge in [0.1, 0.15) is 4.60 Å². The third-order valence-corrected chi connectivity index (χ3v) is 1.78. The molecule has 4 nitrogen and oxygen atoms in total. The van der Waals surface area contributed by atoms with Gasteiger partial charge in [0.2, 0.25) is 0 Å². The molecule has 1 aromatic heterocycles. The number of rotatable bonds is 1. The summed E-state index contributed by atoms with van der Waals surface area (Å²) >= 11 is 2.59. The van der Waals surface area contributed by atoms with Crippen LogP contribution in [0.25, 0.3) is 0 Å². The van der Waals surface area contributed by atoms with Gasteiger partial charge >= 0.3 is 12.1 Å². The summed E-state index contributed by atoms with van der Waals surface area (Å²) in [5, 5.41) is 8.45. The van der Waals surface area contributed by atoms with Crippen LogP contribution < -0.4 is 0 Å². The van der Waals surface area contributed by atoms with Crippen molar-refractivity contribution in [2.24, 2.45) is 0 Å². The van der Waals surface area contributed by atoms with Crippen LogP contribution in [-0.4, -0.2) is 21.0 Å². The third-order valence-electron chi connectivity index (χ3n) is 1.22. The summed E-state index contributed by atoms with van der Waals surface area (Å²) in [5.41, 5.74) is -1.80. The molecule has 76 valence electrons. The van der Waals surface area contributed by atoms with E-state index in [2.05, 4.69) is 25.9 Å². The fourth-order valence-electron chi connectivity index (χ4n) is 0.647. The average molecular weight is 271 g/mol. The van der Waals surface area contributed by atoms with Crippen molar-refractivity contribution in [2.45, 2.75) is 6.18 Å². The lowest BCUT2D eigenvalue weighted by Gasteiger charge is -2.05. The summed E-state index contributed by atoms with van der Waals surface area (Å²) < 4.78 is 35.6. The average Bonchev–Trinajstić information content (AvgIpc) is 2.01. The first-order chi connectivity index (χ1) is 6.32. The maximum atomic E-state index is 12.0. The number of carboxylic acids is 1. The highest BCUT2D eigenvalue weighted by Gasteiger charge is 2.34. The number of carbonyl (C=O) groups is 1. The quantitative estimate of drug-likeness (QED) is 0.847. The Morgan fingerprint density at radius 3 is 2.43 bits per heavy atom. The fraction of sp³-hybridized carbons (Fsp3) is 0.167. The molecular formula is C6H2BrF3N2O2. The summed E-state index contributed by atoms with van der Waals surface area (Å²) in [5.74, 6) is -1.45. The van der Waals surface area contributed by atoms with Gasteiger partial charge in [0.05, 0.1) is 6.20 Å². The summed E-state index contributed by atoms with van der Waals surface area (Å²) in [4.78, 5) is 16.5. The summed E-state index contributed by atoms with van der Waals surface area (Å²) in [7, 11) is 0. The minimum atomic E-state index is -4.63. The van der Waals surface area contributed by atoms with Crippen LogP contribution in [0.5, 0.6) is 0 Å². The number of hydrogen-bond acceptors (Lipinski definition) is 3. The molecule has 0 aliphatic carbocycles.